The zero-order valence-electron chi connectivity index (χ0n) is 7.09. The summed E-state index contributed by atoms with van der Waals surface area (Å²) < 4.78 is 0. The monoisotopic (exact) mass is 263 g/mol. The molecule has 0 aliphatic carbocycles. The van der Waals surface area contributed by atoms with Gasteiger partial charge in [0.1, 0.15) is 0 Å². The molecule has 0 aromatic rings. The Kier molecular flexibility index (Phi) is 60.3. The number of hydrogen-bond donors (Lipinski definition) is 0. The molecule has 0 radical (unpaired) electrons. The van der Waals surface area contributed by atoms with Gasteiger partial charge >= 0.3 is 17.1 Å². The average Bonchev–Trinajstić information content (AvgIpc) is 1.72. The van der Waals surface area contributed by atoms with Crippen molar-refractivity contribution in [2.45, 2.75) is 20.8 Å². The van der Waals surface area contributed by atoms with Gasteiger partial charge in [-0.05, 0) is 19.6 Å². The van der Waals surface area contributed by atoms with Gasteiger partial charge in [-0.25, -0.2) is 0 Å². The first-order chi connectivity index (χ1) is 3.35. The standard InChI is InChI=1S/C6H15N.3ClH.Fe/c1-4-7(5-2)6-3;;;;/h4-6H2,1-3H3;3*1H;/q;;;;+2/p-2. The van der Waals surface area contributed by atoms with Gasteiger partial charge in [0.25, 0.3) is 0 Å². The molecule has 0 amide bonds. The summed E-state index contributed by atoms with van der Waals surface area (Å²) in [6.07, 6.45) is 0. The molecule has 0 saturated heterocycles. The van der Waals surface area contributed by atoms with Crippen molar-refractivity contribution in [3.05, 3.63) is 0 Å². The predicted octanol–water partition coefficient (Wildman–Crippen LogP) is -4.22. The van der Waals surface area contributed by atoms with Crippen LogP contribution in [-0.4, -0.2) is 24.5 Å². The fraction of sp³-hybridized carbons (Fsp3) is 1.00. The molecule has 0 N–H and O–H groups in total. The van der Waals surface area contributed by atoms with Gasteiger partial charge in [0.15, 0.2) is 0 Å². The normalized spacial score (nSPS) is 6.55. The molecule has 0 aliphatic heterocycles. The molecule has 0 saturated carbocycles. The first-order valence-electron chi connectivity index (χ1n) is 3.07. The topological polar surface area (TPSA) is 3.24 Å². The second-order valence-corrected chi connectivity index (χ2v) is 1.62. The van der Waals surface area contributed by atoms with Crippen molar-refractivity contribution in [3.63, 3.8) is 0 Å². The fourth-order valence-corrected chi connectivity index (χ4v) is 0.671. The number of hydrogen-bond acceptors (Lipinski definition) is 1. The van der Waals surface area contributed by atoms with Gasteiger partial charge in [-0.3, -0.25) is 0 Å². The maximum atomic E-state index is 2.38. The van der Waals surface area contributed by atoms with Crippen LogP contribution in [0, 0.1) is 0 Å². The summed E-state index contributed by atoms with van der Waals surface area (Å²) in [4.78, 5) is 2.38. The third kappa shape index (κ3) is 18.4. The van der Waals surface area contributed by atoms with E-state index in [0.717, 1.165) is 0 Å². The van der Waals surface area contributed by atoms with Crippen molar-refractivity contribution >= 4 is 12.4 Å². The van der Waals surface area contributed by atoms with E-state index in [-0.39, 0.29) is 54.3 Å². The quantitative estimate of drug-likeness (QED) is 0.467. The Bertz CT molecular complexity index is 39.3. The van der Waals surface area contributed by atoms with Gasteiger partial charge in [0.2, 0.25) is 0 Å². The van der Waals surface area contributed by atoms with Crippen LogP contribution in [0.25, 0.3) is 0 Å². The van der Waals surface area contributed by atoms with Gasteiger partial charge in [0.05, 0.1) is 0 Å². The average molecular weight is 264 g/mol. The van der Waals surface area contributed by atoms with Crippen molar-refractivity contribution in [1.29, 1.82) is 0 Å². The Labute approximate surface area is 99.4 Å². The second kappa shape index (κ2) is 22.5. The van der Waals surface area contributed by atoms with E-state index < -0.39 is 0 Å². The summed E-state index contributed by atoms with van der Waals surface area (Å²) in [6.45, 7) is 10.1. The molecule has 0 heterocycles. The summed E-state index contributed by atoms with van der Waals surface area (Å²) in [7, 11) is 0. The minimum Gasteiger partial charge on any atom is -1.00 e. The SMILES string of the molecule is CCN(CC)CC.Cl.[Cl-].[Cl-].[Fe+2]. The minimum atomic E-state index is 0. The van der Waals surface area contributed by atoms with Gasteiger partial charge in [-0.1, -0.05) is 20.8 Å². The zero-order valence-corrected chi connectivity index (χ0v) is 10.5. The molecule has 0 atom stereocenters. The molecule has 0 aromatic heterocycles. The van der Waals surface area contributed by atoms with Crippen LogP contribution in [0.4, 0.5) is 0 Å². The molecule has 0 fully saturated rings. The van der Waals surface area contributed by atoms with Crippen LogP contribution >= 0.6 is 12.4 Å². The third-order valence-electron chi connectivity index (χ3n) is 1.34. The van der Waals surface area contributed by atoms with E-state index in [1.54, 1.807) is 0 Å². The van der Waals surface area contributed by atoms with E-state index in [1.807, 2.05) is 0 Å². The van der Waals surface area contributed by atoms with E-state index in [0.29, 0.717) is 0 Å². The van der Waals surface area contributed by atoms with Crippen molar-refractivity contribution in [2.75, 3.05) is 19.6 Å². The van der Waals surface area contributed by atoms with Crippen LogP contribution in [0.1, 0.15) is 20.8 Å². The molecule has 0 aromatic carbocycles. The van der Waals surface area contributed by atoms with E-state index in [2.05, 4.69) is 25.7 Å². The molecule has 11 heavy (non-hydrogen) atoms. The van der Waals surface area contributed by atoms with E-state index in [1.165, 1.54) is 19.6 Å². The Balaban J connectivity index is -0.0000000300. The van der Waals surface area contributed by atoms with Gasteiger partial charge in [-0.2, -0.15) is 0 Å². The zero-order chi connectivity index (χ0) is 5.70. The summed E-state index contributed by atoms with van der Waals surface area (Å²) in [5, 5.41) is 0. The molecule has 0 aliphatic rings. The van der Waals surface area contributed by atoms with Crippen LogP contribution in [0.2, 0.25) is 0 Å². The third-order valence-corrected chi connectivity index (χ3v) is 1.34. The van der Waals surface area contributed by atoms with E-state index >= 15 is 0 Å². The van der Waals surface area contributed by atoms with Crippen LogP contribution in [0.15, 0.2) is 0 Å². The van der Waals surface area contributed by atoms with Gasteiger partial charge < -0.3 is 29.7 Å². The second-order valence-electron chi connectivity index (χ2n) is 1.62. The molecule has 1 nitrogen and oxygen atoms in total. The number of rotatable bonds is 3. The van der Waals surface area contributed by atoms with E-state index in [4.69, 9.17) is 0 Å². The smallest absolute Gasteiger partial charge is 1.00 e. The summed E-state index contributed by atoms with van der Waals surface area (Å²) >= 11 is 0. The predicted molar refractivity (Wildman–Crippen MR) is 40.7 cm³/mol. The Morgan fingerprint density at radius 2 is 1.00 bits per heavy atom. The molecule has 0 bridgehead atoms. The molecule has 5 heteroatoms. The van der Waals surface area contributed by atoms with Crippen molar-refractivity contribution in [3.8, 4) is 0 Å². The van der Waals surface area contributed by atoms with Crippen LogP contribution < -0.4 is 24.8 Å². The minimum absolute atomic E-state index is 0. The van der Waals surface area contributed by atoms with Crippen molar-refractivity contribution in [1.82, 2.24) is 4.90 Å². The molecular formula is C6H16Cl3FeN. The van der Waals surface area contributed by atoms with Crippen LogP contribution in [-0.2, 0) is 17.1 Å². The van der Waals surface area contributed by atoms with E-state index in [9.17, 15) is 0 Å². The molecule has 0 unspecified atom stereocenters. The van der Waals surface area contributed by atoms with Crippen molar-refractivity contribution < 1.29 is 41.9 Å². The summed E-state index contributed by atoms with van der Waals surface area (Å²) in [5.41, 5.74) is 0. The maximum absolute atomic E-state index is 2.38. The van der Waals surface area contributed by atoms with Crippen molar-refractivity contribution in [2.24, 2.45) is 0 Å². The Morgan fingerprint density at radius 1 is 0.818 bits per heavy atom. The van der Waals surface area contributed by atoms with Gasteiger partial charge in [0, 0.05) is 0 Å². The Hall–Kier alpha value is 1.35. The fourth-order valence-electron chi connectivity index (χ4n) is 0.671. The number of nitrogens with zero attached hydrogens (tertiary/aromatic N) is 1. The largest absolute Gasteiger partial charge is 2.00 e. The molecule has 0 rings (SSSR count). The summed E-state index contributed by atoms with van der Waals surface area (Å²) in [6, 6.07) is 0. The van der Waals surface area contributed by atoms with Crippen LogP contribution in [0.3, 0.4) is 0 Å². The molecular weight excluding hydrogens is 248 g/mol. The summed E-state index contributed by atoms with van der Waals surface area (Å²) in [5.74, 6) is 0. The molecule has 74 valence electrons. The first-order valence-corrected chi connectivity index (χ1v) is 3.07. The van der Waals surface area contributed by atoms with Gasteiger partial charge in [-0.15, -0.1) is 12.4 Å². The maximum Gasteiger partial charge on any atom is 2.00 e. The molecule has 0 spiro atoms. The Morgan fingerprint density at radius 3 is 1.00 bits per heavy atom. The first kappa shape index (κ1) is 29.5. The number of halogens is 3. The van der Waals surface area contributed by atoms with Crippen LogP contribution in [0.5, 0.6) is 0 Å².